The van der Waals surface area contributed by atoms with Gasteiger partial charge in [-0.1, -0.05) is 57.8 Å². The van der Waals surface area contributed by atoms with Crippen molar-refractivity contribution in [2.45, 2.75) is 115 Å². The molecule has 3 saturated carbocycles. The van der Waals surface area contributed by atoms with E-state index in [0.717, 1.165) is 25.7 Å². The van der Waals surface area contributed by atoms with Gasteiger partial charge in [-0.2, -0.15) is 0 Å². The van der Waals surface area contributed by atoms with Crippen molar-refractivity contribution >= 4 is 0 Å². The molecule has 3 nitrogen and oxygen atoms in total. The zero-order valence-corrected chi connectivity index (χ0v) is 14.6. The van der Waals surface area contributed by atoms with Crippen LogP contribution in [0.5, 0.6) is 0 Å². The topological polar surface area (TPSA) is 49.7 Å². The summed E-state index contributed by atoms with van der Waals surface area (Å²) in [4.78, 5) is 0. The normalized spacial score (nSPS) is 24.7. The first-order valence-corrected chi connectivity index (χ1v) is 9.61. The molecule has 3 rings (SSSR count). The van der Waals surface area contributed by atoms with E-state index in [1.54, 1.807) is 0 Å². The monoisotopic (exact) mass is 314 g/mol. The van der Waals surface area contributed by atoms with E-state index >= 15 is 0 Å². The van der Waals surface area contributed by atoms with Gasteiger partial charge in [0.2, 0.25) is 0 Å². The van der Waals surface area contributed by atoms with E-state index in [0.29, 0.717) is 6.10 Å². The van der Waals surface area contributed by atoms with Gasteiger partial charge >= 0.3 is 0 Å². The molecule has 0 aromatic carbocycles. The molecule has 0 amide bonds. The minimum Gasteiger partial charge on any atom is -0.393 e. The number of ether oxygens (including phenoxy) is 1. The summed E-state index contributed by atoms with van der Waals surface area (Å²) in [6.45, 7) is 0. The van der Waals surface area contributed by atoms with Crippen LogP contribution in [0.15, 0.2) is 0 Å². The lowest BCUT2D eigenvalue weighted by atomic mass is 9.98. The Balaban J connectivity index is 0.000000166. The van der Waals surface area contributed by atoms with E-state index in [1.165, 1.54) is 70.6 Å². The van der Waals surface area contributed by atoms with Gasteiger partial charge in [0.15, 0.2) is 0 Å². The third kappa shape index (κ3) is 10.6. The number of aliphatic hydroxyl groups is 2. The second-order valence-electron chi connectivity index (χ2n) is 7.08. The van der Waals surface area contributed by atoms with Crippen LogP contribution < -0.4 is 0 Å². The Kier molecular flexibility index (Phi) is 12.1. The molecule has 0 aromatic rings. The molecular formula is C19H38O3. The summed E-state index contributed by atoms with van der Waals surface area (Å²) in [7, 11) is 1.82. The predicted molar refractivity (Wildman–Crippen MR) is 92.1 cm³/mol. The second kappa shape index (κ2) is 13.3. The van der Waals surface area contributed by atoms with E-state index in [4.69, 9.17) is 14.9 Å². The zero-order chi connectivity index (χ0) is 16.0. The van der Waals surface area contributed by atoms with Crippen LogP contribution in [0.4, 0.5) is 0 Å². The Hall–Kier alpha value is -0.120. The molecule has 0 aromatic heterocycles. The SMILES string of the molecule is COC1CCCCC1.OC1CCCCC1.OC1CCCCC1. The van der Waals surface area contributed by atoms with Crippen molar-refractivity contribution in [1.29, 1.82) is 0 Å². The van der Waals surface area contributed by atoms with Crippen LogP contribution in [0.2, 0.25) is 0 Å². The van der Waals surface area contributed by atoms with Gasteiger partial charge in [-0.05, 0) is 38.5 Å². The first-order valence-electron chi connectivity index (χ1n) is 9.61. The highest BCUT2D eigenvalue weighted by Crippen LogP contribution is 2.19. The van der Waals surface area contributed by atoms with E-state index in [9.17, 15) is 0 Å². The maximum absolute atomic E-state index is 8.91. The van der Waals surface area contributed by atoms with Crippen LogP contribution in [0.25, 0.3) is 0 Å². The summed E-state index contributed by atoms with van der Waals surface area (Å²) in [5.74, 6) is 0. The van der Waals surface area contributed by atoms with Crippen molar-refractivity contribution in [3.8, 4) is 0 Å². The molecule has 2 N–H and O–H groups in total. The van der Waals surface area contributed by atoms with Crippen LogP contribution in [0.3, 0.4) is 0 Å². The minimum atomic E-state index is 0.0359. The summed E-state index contributed by atoms with van der Waals surface area (Å²) < 4.78 is 5.19. The van der Waals surface area contributed by atoms with Crippen LogP contribution in [0.1, 0.15) is 96.3 Å². The highest BCUT2D eigenvalue weighted by atomic mass is 16.5. The van der Waals surface area contributed by atoms with Gasteiger partial charge in [0.05, 0.1) is 18.3 Å². The minimum absolute atomic E-state index is 0.0359. The number of rotatable bonds is 1. The first-order chi connectivity index (χ1) is 10.7. The number of methoxy groups -OCH3 is 1. The van der Waals surface area contributed by atoms with Crippen LogP contribution in [-0.2, 0) is 4.74 Å². The summed E-state index contributed by atoms with van der Waals surface area (Å²) in [6, 6.07) is 0. The number of hydrogen-bond acceptors (Lipinski definition) is 3. The fraction of sp³-hybridized carbons (Fsp3) is 1.00. The lowest BCUT2D eigenvalue weighted by molar-refractivity contribution is 0.0710. The molecule has 132 valence electrons. The molecule has 0 saturated heterocycles. The Morgan fingerprint density at radius 3 is 1.05 bits per heavy atom. The van der Waals surface area contributed by atoms with Crippen molar-refractivity contribution < 1.29 is 14.9 Å². The van der Waals surface area contributed by atoms with Gasteiger partial charge in [-0.3, -0.25) is 0 Å². The second-order valence-corrected chi connectivity index (χ2v) is 7.08. The van der Waals surface area contributed by atoms with Gasteiger partial charge in [-0.15, -0.1) is 0 Å². The fourth-order valence-electron chi connectivity index (χ4n) is 3.46. The molecule has 3 aliphatic rings. The number of aliphatic hydroxyl groups excluding tert-OH is 2. The Morgan fingerprint density at radius 2 is 0.864 bits per heavy atom. The Morgan fingerprint density at radius 1 is 0.545 bits per heavy atom. The van der Waals surface area contributed by atoms with Crippen molar-refractivity contribution in [3.05, 3.63) is 0 Å². The van der Waals surface area contributed by atoms with Crippen molar-refractivity contribution in [1.82, 2.24) is 0 Å². The smallest absolute Gasteiger partial charge is 0.0571 e. The van der Waals surface area contributed by atoms with Crippen LogP contribution >= 0.6 is 0 Å². The van der Waals surface area contributed by atoms with Gasteiger partial charge in [0, 0.05) is 7.11 Å². The van der Waals surface area contributed by atoms with E-state index in [1.807, 2.05) is 7.11 Å². The Bertz CT molecular complexity index is 211. The van der Waals surface area contributed by atoms with Gasteiger partial charge in [0.25, 0.3) is 0 Å². The Labute approximate surface area is 137 Å². The summed E-state index contributed by atoms with van der Waals surface area (Å²) in [6.07, 6.45) is 19.2. The van der Waals surface area contributed by atoms with Gasteiger partial charge < -0.3 is 14.9 Å². The highest BCUT2D eigenvalue weighted by Gasteiger charge is 2.10. The molecule has 0 unspecified atom stereocenters. The molecule has 0 atom stereocenters. The van der Waals surface area contributed by atoms with Gasteiger partial charge in [-0.25, -0.2) is 0 Å². The molecule has 22 heavy (non-hydrogen) atoms. The zero-order valence-electron chi connectivity index (χ0n) is 14.6. The van der Waals surface area contributed by atoms with Crippen molar-refractivity contribution in [2.24, 2.45) is 0 Å². The standard InChI is InChI=1S/C7H14O.2C6H12O/c1-8-7-5-3-2-4-6-7;2*7-6-4-2-1-3-5-6/h7H,2-6H2,1H3;2*6-7H,1-5H2. The molecule has 0 radical (unpaired) electrons. The van der Waals surface area contributed by atoms with Gasteiger partial charge in [0.1, 0.15) is 0 Å². The average molecular weight is 315 g/mol. The van der Waals surface area contributed by atoms with Crippen LogP contribution in [0, 0.1) is 0 Å². The molecule has 3 aliphatic carbocycles. The summed E-state index contributed by atoms with van der Waals surface area (Å²) in [5, 5.41) is 17.8. The predicted octanol–water partition coefficient (Wildman–Crippen LogP) is 4.59. The number of hydrogen-bond donors (Lipinski definition) is 2. The molecule has 0 heterocycles. The van der Waals surface area contributed by atoms with Crippen molar-refractivity contribution in [2.75, 3.05) is 7.11 Å². The van der Waals surface area contributed by atoms with E-state index < -0.39 is 0 Å². The largest absolute Gasteiger partial charge is 0.393 e. The lowest BCUT2D eigenvalue weighted by Crippen LogP contribution is -2.13. The van der Waals surface area contributed by atoms with Crippen molar-refractivity contribution in [3.63, 3.8) is 0 Å². The van der Waals surface area contributed by atoms with Crippen LogP contribution in [-0.4, -0.2) is 35.6 Å². The summed E-state index contributed by atoms with van der Waals surface area (Å²) >= 11 is 0. The molecule has 3 fully saturated rings. The highest BCUT2D eigenvalue weighted by molar-refractivity contribution is 4.64. The molecule has 0 spiro atoms. The van der Waals surface area contributed by atoms with E-state index in [2.05, 4.69) is 0 Å². The molecular weight excluding hydrogens is 276 g/mol. The molecule has 3 heteroatoms. The molecule has 0 bridgehead atoms. The quantitative estimate of drug-likeness (QED) is 0.744. The third-order valence-electron chi connectivity index (χ3n) is 5.03. The fourth-order valence-corrected chi connectivity index (χ4v) is 3.46. The van der Waals surface area contributed by atoms with E-state index in [-0.39, 0.29) is 12.2 Å². The molecule has 0 aliphatic heterocycles. The summed E-state index contributed by atoms with van der Waals surface area (Å²) in [5.41, 5.74) is 0. The lowest BCUT2D eigenvalue weighted by Gasteiger charge is -2.19. The maximum Gasteiger partial charge on any atom is 0.0571 e. The third-order valence-corrected chi connectivity index (χ3v) is 5.03. The first kappa shape index (κ1) is 19.9. The average Bonchev–Trinajstić information content (AvgIpc) is 2.58. The maximum atomic E-state index is 8.91.